The number of halogens is 4. The van der Waals surface area contributed by atoms with Crippen molar-refractivity contribution in [1.82, 2.24) is 9.97 Å². The highest BCUT2D eigenvalue weighted by atomic mass is 32.2. The molecule has 0 saturated heterocycles. The maximum Gasteiger partial charge on any atom is 0.534 e. The van der Waals surface area contributed by atoms with Gasteiger partial charge in [0, 0.05) is 11.6 Å². The molecule has 0 bridgehead atoms. The van der Waals surface area contributed by atoms with E-state index in [-0.39, 0.29) is 12.5 Å². The molecule has 1 aliphatic carbocycles. The van der Waals surface area contributed by atoms with E-state index in [0.29, 0.717) is 36.2 Å². The molecule has 0 N–H and O–H groups in total. The number of hydrogen-bond acceptors (Lipinski definition) is 6. The van der Waals surface area contributed by atoms with Gasteiger partial charge in [-0.15, -0.1) is 0 Å². The molecule has 2 heterocycles. The lowest BCUT2D eigenvalue weighted by molar-refractivity contribution is -0.0500. The Hall–Kier alpha value is -2.43. The van der Waals surface area contributed by atoms with Gasteiger partial charge in [-0.1, -0.05) is 0 Å². The number of hydrogen-bond donors (Lipinski definition) is 0. The number of aryl methyl sites for hydroxylation is 1. The first-order valence-corrected chi connectivity index (χ1v) is 9.33. The van der Waals surface area contributed by atoms with E-state index in [1.165, 1.54) is 12.1 Å². The summed E-state index contributed by atoms with van der Waals surface area (Å²) in [6.07, 6.45) is 3.24. The van der Waals surface area contributed by atoms with Gasteiger partial charge in [0.1, 0.15) is 12.4 Å². The highest BCUT2D eigenvalue weighted by Crippen LogP contribution is 2.35. The second-order valence-corrected chi connectivity index (χ2v) is 7.37. The van der Waals surface area contributed by atoms with Crippen LogP contribution in [0.2, 0.25) is 0 Å². The first-order valence-electron chi connectivity index (χ1n) is 7.92. The Bertz CT molecular complexity index is 931. The maximum absolute atomic E-state index is 12.9. The summed E-state index contributed by atoms with van der Waals surface area (Å²) in [6.45, 7) is -0.127. The van der Waals surface area contributed by atoms with Gasteiger partial charge in [-0.2, -0.15) is 21.6 Å². The molecule has 0 atom stereocenters. The van der Waals surface area contributed by atoms with Crippen molar-refractivity contribution in [3.05, 3.63) is 47.2 Å². The van der Waals surface area contributed by atoms with Gasteiger partial charge in [0.2, 0.25) is 5.88 Å². The molecule has 1 aliphatic rings. The van der Waals surface area contributed by atoms with Crippen LogP contribution in [0, 0.1) is 5.82 Å². The maximum atomic E-state index is 12.9. The van der Waals surface area contributed by atoms with Crippen molar-refractivity contribution in [3.63, 3.8) is 0 Å². The zero-order chi connectivity index (χ0) is 19.7. The molecule has 6 nitrogen and oxygen atoms in total. The molecule has 0 saturated carbocycles. The average molecular weight is 406 g/mol. The Labute approximate surface area is 152 Å². The van der Waals surface area contributed by atoms with Gasteiger partial charge < -0.3 is 8.92 Å². The van der Waals surface area contributed by atoms with Crippen LogP contribution in [0.3, 0.4) is 0 Å². The first kappa shape index (κ1) is 19.3. The van der Waals surface area contributed by atoms with E-state index in [0.717, 1.165) is 18.7 Å². The molecule has 11 heteroatoms. The molecular formula is C16H14F4N2O4S. The summed E-state index contributed by atoms with van der Waals surface area (Å²) in [5, 5.41) is 0. The Morgan fingerprint density at radius 3 is 2.56 bits per heavy atom. The van der Waals surface area contributed by atoms with E-state index in [1.807, 2.05) is 0 Å². The first-order chi connectivity index (χ1) is 12.7. The monoisotopic (exact) mass is 406 g/mol. The van der Waals surface area contributed by atoms with E-state index in [1.54, 1.807) is 0 Å². The van der Waals surface area contributed by atoms with Crippen LogP contribution in [0.25, 0.3) is 0 Å². The minimum absolute atomic E-state index is 0.103. The summed E-state index contributed by atoms with van der Waals surface area (Å²) in [5.41, 5.74) is -4.43. The third-order valence-corrected chi connectivity index (χ3v) is 4.84. The van der Waals surface area contributed by atoms with Crippen molar-refractivity contribution in [2.75, 3.05) is 0 Å². The predicted octanol–water partition coefficient (Wildman–Crippen LogP) is 3.30. The zero-order valence-electron chi connectivity index (χ0n) is 13.8. The SMILES string of the molecule is O=S(=O)(Oc1cc(OCc2ccc(F)cn2)nc2c1CCCC2)C(F)(F)F. The number of rotatable bonds is 5. The van der Waals surface area contributed by atoms with Crippen molar-refractivity contribution >= 4 is 10.1 Å². The zero-order valence-corrected chi connectivity index (χ0v) is 14.6. The minimum atomic E-state index is -5.81. The third kappa shape index (κ3) is 4.46. The Morgan fingerprint density at radius 2 is 1.89 bits per heavy atom. The lowest BCUT2D eigenvalue weighted by Crippen LogP contribution is -2.28. The molecule has 2 aromatic rings. The molecule has 146 valence electrons. The molecule has 3 rings (SSSR count). The Kier molecular flexibility index (Phi) is 5.22. The summed E-state index contributed by atoms with van der Waals surface area (Å²) < 4.78 is 83.3. The Balaban J connectivity index is 1.88. The smallest absolute Gasteiger partial charge is 0.471 e. The van der Waals surface area contributed by atoms with Crippen LogP contribution in [0.1, 0.15) is 29.8 Å². The lowest BCUT2D eigenvalue weighted by atomic mass is 9.95. The molecule has 2 aromatic heterocycles. The van der Waals surface area contributed by atoms with Crippen LogP contribution in [-0.4, -0.2) is 23.9 Å². The van der Waals surface area contributed by atoms with Gasteiger partial charge in [-0.25, -0.2) is 9.37 Å². The van der Waals surface area contributed by atoms with E-state index in [9.17, 15) is 26.0 Å². The fourth-order valence-corrected chi connectivity index (χ4v) is 3.08. The van der Waals surface area contributed by atoms with Gasteiger partial charge in [0.15, 0.2) is 5.75 Å². The van der Waals surface area contributed by atoms with Crippen LogP contribution < -0.4 is 8.92 Å². The van der Waals surface area contributed by atoms with Gasteiger partial charge in [-0.3, -0.25) is 4.98 Å². The lowest BCUT2D eigenvalue weighted by Gasteiger charge is -2.20. The highest BCUT2D eigenvalue weighted by molar-refractivity contribution is 7.88. The average Bonchev–Trinajstić information content (AvgIpc) is 2.60. The molecule has 0 radical (unpaired) electrons. The predicted molar refractivity (Wildman–Crippen MR) is 85.0 cm³/mol. The van der Waals surface area contributed by atoms with Gasteiger partial charge >= 0.3 is 15.6 Å². The molecule has 0 aromatic carbocycles. The van der Waals surface area contributed by atoms with E-state index in [2.05, 4.69) is 14.2 Å². The standard InChI is InChI=1S/C16H14F4N2O4S/c17-10-5-6-11(21-8-10)9-25-15-7-14(26-27(23,24)16(18,19)20)12-3-1-2-4-13(12)22-15/h5-8H,1-4,9H2. The molecule has 0 amide bonds. The summed E-state index contributed by atoms with van der Waals surface area (Å²) in [5.74, 6) is -1.08. The summed E-state index contributed by atoms with van der Waals surface area (Å²) in [6, 6.07) is 3.56. The van der Waals surface area contributed by atoms with E-state index >= 15 is 0 Å². The van der Waals surface area contributed by atoms with Crippen molar-refractivity contribution in [2.45, 2.75) is 37.8 Å². The molecule has 0 aliphatic heterocycles. The second-order valence-electron chi connectivity index (χ2n) is 5.83. The fraction of sp³-hybridized carbons (Fsp3) is 0.375. The van der Waals surface area contributed by atoms with Crippen molar-refractivity contribution in [1.29, 1.82) is 0 Å². The minimum Gasteiger partial charge on any atom is -0.471 e. The van der Waals surface area contributed by atoms with Crippen LogP contribution in [-0.2, 0) is 29.6 Å². The summed E-state index contributed by atoms with van der Waals surface area (Å²) >= 11 is 0. The highest BCUT2D eigenvalue weighted by Gasteiger charge is 2.49. The molecular weight excluding hydrogens is 392 g/mol. The molecule has 0 fully saturated rings. The van der Waals surface area contributed by atoms with Gasteiger partial charge in [-0.05, 0) is 37.8 Å². The topological polar surface area (TPSA) is 78.4 Å². The third-order valence-electron chi connectivity index (χ3n) is 3.88. The van der Waals surface area contributed by atoms with Crippen molar-refractivity contribution in [2.24, 2.45) is 0 Å². The van der Waals surface area contributed by atoms with E-state index in [4.69, 9.17) is 4.74 Å². The van der Waals surface area contributed by atoms with Crippen LogP contribution in [0.5, 0.6) is 11.6 Å². The van der Waals surface area contributed by atoms with Crippen molar-refractivity contribution < 1.29 is 34.9 Å². The molecule has 27 heavy (non-hydrogen) atoms. The van der Waals surface area contributed by atoms with E-state index < -0.39 is 27.2 Å². The number of fused-ring (bicyclic) bond motifs is 1. The molecule has 0 spiro atoms. The van der Waals surface area contributed by atoms with Crippen LogP contribution in [0.4, 0.5) is 17.6 Å². The number of alkyl halides is 3. The number of ether oxygens (including phenoxy) is 1. The second kappa shape index (κ2) is 7.29. The Morgan fingerprint density at radius 1 is 1.15 bits per heavy atom. The summed E-state index contributed by atoms with van der Waals surface area (Å²) in [4.78, 5) is 8.01. The quantitative estimate of drug-likeness (QED) is 0.431. The fourth-order valence-electron chi connectivity index (χ4n) is 2.60. The largest absolute Gasteiger partial charge is 0.534 e. The number of nitrogens with zero attached hydrogens (tertiary/aromatic N) is 2. The van der Waals surface area contributed by atoms with Crippen LogP contribution in [0.15, 0.2) is 24.4 Å². The van der Waals surface area contributed by atoms with Crippen LogP contribution >= 0.6 is 0 Å². The number of aromatic nitrogens is 2. The summed E-state index contributed by atoms with van der Waals surface area (Å²) in [7, 11) is -5.81. The normalized spacial score (nSPS) is 14.5. The van der Waals surface area contributed by atoms with Gasteiger partial charge in [0.05, 0.1) is 17.6 Å². The number of pyridine rings is 2. The van der Waals surface area contributed by atoms with Crippen molar-refractivity contribution in [3.8, 4) is 11.6 Å². The van der Waals surface area contributed by atoms with Gasteiger partial charge in [0.25, 0.3) is 0 Å². The molecule has 0 unspecified atom stereocenters.